The zero-order valence-electron chi connectivity index (χ0n) is 12.9. The highest BCUT2D eigenvalue weighted by atomic mass is 16.5. The summed E-state index contributed by atoms with van der Waals surface area (Å²) in [6, 6.07) is 6.12. The molecule has 0 radical (unpaired) electrons. The van der Waals surface area contributed by atoms with Crippen LogP contribution in [0, 0.1) is 5.92 Å². The predicted octanol–water partition coefficient (Wildman–Crippen LogP) is 1.82. The second kappa shape index (κ2) is 6.34. The van der Waals surface area contributed by atoms with E-state index in [1.54, 1.807) is 12.5 Å². The van der Waals surface area contributed by atoms with Gasteiger partial charge in [-0.25, -0.2) is 9.97 Å². The van der Waals surface area contributed by atoms with Crippen LogP contribution in [0.1, 0.15) is 5.69 Å². The molecule has 1 aliphatic rings. The first-order valence-corrected chi connectivity index (χ1v) is 7.89. The quantitative estimate of drug-likeness (QED) is 0.739. The molecule has 118 valence electrons. The van der Waals surface area contributed by atoms with Crippen LogP contribution in [-0.4, -0.2) is 45.7 Å². The van der Waals surface area contributed by atoms with E-state index in [9.17, 15) is 0 Å². The zero-order valence-corrected chi connectivity index (χ0v) is 12.9. The van der Waals surface area contributed by atoms with Crippen molar-refractivity contribution in [2.24, 2.45) is 5.92 Å². The Hall–Kier alpha value is -2.47. The minimum atomic E-state index is 0.390. The van der Waals surface area contributed by atoms with Gasteiger partial charge in [-0.2, -0.15) is 0 Å². The van der Waals surface area contributed by atoms with Crippen molar-refractivity contribution in [3.63, 3.8) is 0 Å². The van der Waals surface area contributed by atoms with E-state index in [0.717, 1.165) is 44.2 Å². The van der Waals surface area contributed by atoms with Crippen molar-refractivity contribution in [2.45, 2.75) is 6.42 Å². The molecule has 1 saturated heterocycles. The molecule has 0 bridgehead atoms. The third kappa shape index (κ3) is 3.03. The third-order valence-electron chi connectivity index (χ3n) is 4.24. The summed E-state index contributed by atoms with van der Waals surface area (Å²) in [6.45, 7) is 3.25. The number of hydrogen-bond donors (Lipinski definition) is 0. The van der Waals surface area contributed by atoms with Gasteiger partial charge in [0, 0.05) is 43.8 Å². The summed E-state index contributed by atoms with van der Waals surface area (Å²) in [5.74, 6) is 1.35. The Kier molecular flexibility index (Phi) is 3.90. The molecular formula is C17H19N5O. The van der Waals surface area contributed by atoms with E-state index < -0.39 is 0 Å². The van der Waals surface area contributed by atoms with Crippen LogP contribution < -0.4 is 4.90 Å². The van der Waals surface area contributed by atoms with Gasteiger partial charge >= 0.3 is 0 Å². The second-order valence-electron chi connectivity index (χ2n) is 5.83. The Balaban J connectivity index is 1.55. The van der Waals surface area contributed by atoms with Crippen molar-refractivity contribution in [1.29, 1.82) is 0 Å². The van der Waals surface area contributed by atoms with Crippen LogP contribution in [-0.2, 0) is 11.2 Å². The average Bonchev–Trinajstić information content (AvgIpc) is 2.96. The summed E-state index contributed by atoms with van der Waals surface area (Å²) < 4.78 is 7.92. The van der Waals surface area contributed by atoms with E-state index in [-0.39, 0.29) is 0 Å². The normalized spacial score (nSPS) is 19.0. The van der Waals surface area contributed by atoms with Gasteiger partial charge in [0.05, 0.1) is 24.4 Å². The van der Waals surface area contributed by atoms with E-state index in [4.69, 9.17) is 4.74 Å². The minimum absolute atomic E-state index is 0.390. The Morgan fingerprint density at radius 2 is 2.17 bits per heavy atom. The lowest BCUT2D eigenvalue weighted by atomic mass is 10.0. The van der Waals surface area contributed by atoms with Gasteiger partial charge in [-0.1, -0.05) is 0 Å². The van der Waals surface area contributed by atoms with Gasteiger partial charge < -0.3 is 14.0 Å². The van der Waals surface area contributed by atoms with Gasteiger partial charge in [-0.3, -0.25) is 4.98 Å². The highest BCUT2D eigenvalue weighted by Gasteiger charge is 2.21. The molecule has 0 N–H and O–H groups in total. The summed E-state index contributed by atoms with van der Waals surface area (Å²) in [5, 5.41) is 0. The van der Waals surface area contributed by atoms with E-state index in [0.29, 0.717) is 5.92 Å². The fourth-order valence-corrected chi connectivity index (χ4v) is 3.14. The number of hydrogen-bond acceptors (Lipinski definition) is 5. The molecule has 4 heterocycles. The maximum absolute atomic E-state index is 5.80. The molecule has 0 saturated carbocycles. The lowest BCUT2D eigenvalue weighted by Gasteiger charge is -2.24. The molecule has 3 aromatic heterocycles. The van der Waals surface area contributed by atoms with Crippen LogP contribution in [0.15, 0.2) is 49.3 Å². The average molecular weight is 309 g/mol. The smallest absolute Gasteiger partial charge is 0.131 e. The third-order valence-corrected chi connectivity index (χ3v) is 4.24. The van der Waals surface area contributed by atoms with Gasteiger partial charge in [0.2, 0.25) is 0 Å². The van der Waals surface area contributed by atoms with Crippen molar-refractivity contribution < 1.29 is 4.74 Å². The van der Waals surface area contributed by atoms with Crippen molar-refractivity contribution in [2.75, 3.05) is 31.2 Å². The van der Waals surface area contributed by atoms with Crippen LogP contribution in [0.5, 0.6) is 0 Å². The van der Waals surface area contributed by atoms with Crippen molar-refractivity contribution >= 4 is 11.3 Å². The topological polar surface area (TPSA) is 55.5 Å². The number of rotatable bonds is 3. The number of ether oxygens (including phenoxy) is 1. The maximum atomic E-state index is 5.80. The first-order chi connectivity index (χ1) is 11.4. The Labute approximate surface area is 134 Å². The first kappa shape index (κ1) is 14.1. The molecular weight excluding hydrogens is 290 g/mol. The van der Waals surface area contributed by atoms with Crippen LogP contribution in [0.25, 0.3) is 5.52 Å². The largest absolute Gasteiger partial charge is 0.379 e. The van der Waals surface area contributed by atoms with Crippen LogP contribution in [0.2, 0.25) is 0 Å². The molecule has 6 nitrogen and oxygen atoms in total. The van der Waals surface area contributed by atoms with Crippen molar-refractivity contribution in [3.8, 4) is 0 Å². The lowest BCUT2D eigenvalue weighted by molar-refractivity contribution is 0.123. The standard InChI is InChI=1S/C17H19N5O/c1-2-16-15(19-5-7-21(16)6-1)10-14-11-22(8-9-23-12-14)17-3-4-18-13-20-17/h1-7,13-14H,8-12H2. The SMILES string of the molecule is c1cc2c(CC3COCCN(c4ccncn4)C3)nccn2c1. The van der Waals surface area contributed by atoms with E-state index in [2.05, 4.69) is 42.6 Å². The summed E-state index contributed by atoms with van der Waals surface area (Å²) in [4.78, 5) is 15.2. The van der Waals surface area contributed by atoms with Crippen molar-refractivity contribution in [3.05, 3.63) is 55.0 Å². The van der Waals surface area contributed by atoms with Gasteiger partial charge in [-0.15, -0.1) is 0 Å². The van der Waals surface area contributed by atoms with Crippen LogP contribution >= 0.6 is 0 Å². The molecule has 3 aromatic rings. The Bertz CT molecular complexity index is 773. The number of fused-ring (bicyclic) bond motifs is 1. The zero-order chi connectivity index (χ0) is 15.5. The summed E-state index contributed by atoms with van der Waals surface area (Å²) >= 11 is 0. The van der Waals surface area contributed by atoms with Crippen molar-refractivity contribution in [1.82, 2.24) is 19.4 Å². The molecule has 6 heteroatoms. The second-order valence-corrected chi connectivity index (χ2v) is 5.83. The summed E-state index contributed by atoms with van der Waals surface area (Å²) in [7, 11) is 0. The molecule has 0 amide bonds. The predicted molar refractivity (Wildman–Crippen MR) is 87.5 cm³/mol. The fourth-order valence-electron chi connectivity index (χ4n) is 3.14. The minimum Gasteiger partial charge on any atom is -0.379 e. The summed E-state index contributed by atoms with van der Waals surface area (Å²) in [6.07, 6.45) is 10.2. The molecule has 1 atom stereocenters. The molecule has 1 unspecified atom stereocenters. The van der Waals surface area contributed by atoms with E-state index >= 15 is 0 Å². The van der Waals surface area contributed by atoms with E-state index in [1.807, 2.05) is 18.5 Å². The lowest BCUT2D eigenvalue weighted by Crippen LogP contribution is -2.31. The monoisotopic (exact) mass is 309 g/mol. The Morgan fingerprint density at radius 3 is 3.09 bits per heavy atom. The highest BCUT2D eigenvalue weighted by molar-refractivity contribution is 5.52. The molecule has 4 rings (SSSR count). The molecule has 0 aromatic carbocycles. The molecule has 1 aliphatic heterocycles. The van der Waals surface area contributed by atoms with Gasteiger partial charge in [0.15, 0.2) is 0 Å². The van der Waals surface area contributed by atoms with Gasteiger partial charge in [-0.05, 0) is 24.6 Å². The highest BCUT2D eigenvalue weighted by Crippen LogP contribution is 2.19. The molecule has 1 fully saturated rings. The van der Waals surface area contributed by atoms with Gasteiger partial charge in [0.1, 0.15) is 12.1 Å². The molecule has 0 spiro atoms. The fraction of sp³-hybridized carbons (Fsp3) is 0.353. The van der Waals surface area contributed by atoms with Gasteiger partial charge in [0.25, 0.3) is 0 Å². The number of nitrogens with zero attached hydrogens (tertiary/aromatic N) is 5. The summed E-state index contributed by atoms with van der Waals surface area (Å²) in [5.41, 5.74) is 2.29. The molecule has 23 heavy (non-hydrogen) atoms. The van der Waals surface area contributed by atoms with E-state index in [1.165, 1.54) is 5.52 Å². The van der Waals surface area contributed by atoms with Crippen LogP contribution in [0.4, 0.5) is 5.82 Å². The Morgan fingerprint density at radius 1 is 1.17 bits per heavy atom. The first-order valence-electron chi connectivity index (χ1n) is 7.89. The number of aromatic nitrogens is 4. The molecule has 0 aliphatic carbocycles. The maximum Gasteiger partial charge on any atom is 0.131 e. The van der Waals surface area contributed by atoms with Crippen LogP contribution in [0.3, 0.4) is 0 Å². The number of anilines is 1.